The standard InChI is InChI=1S/C13H15N3O/c1-16(2)11-7-5-10(6-8-11)13-15-14-12(17-13)9-3-4-9/h5-9H,3-4H2,1-2H3. The van der Waals surface area contributed by atoms with Gasteiger partial charge in [0.15, 0.2) is 0 Å². The van der Waals surface area contributed by atoms with Crippen LogP contribution >= 0.6 is 0 Å². The molecule has 0 bridgehead atoms. The SMILES string of the molecule is CN(C)c1ccc(-c2nnc(C3CC3)o2)cc1. The number of hydrogen-bond donors (Lipinski definition) is 0. The topological polar surface area (TPSA) is 42.2 Å². The third-order valence-electron chi connectivity index (χ3n) is 3.00. The van der Waals surface area contributed by atoms with Gasteiger partial charge < -0.3 is 9.32 Å². The van der Waals surface area contributed by atoms with E-state index in [2.05, 4.69) is 27.2 Å². The van der Waals surface area contributed by atoms with Crippen molar-refractivity contribution in [2.75, 3.05) is 19.0 Å². The van der Waals surface area contributed by atoms with Gasteiger partial charge in [0.1, 0.15) is 0 Å². The minimum atomic E-state index is 0.511. The van der Waals surface area contributed by atoms with Crippen LogP contribution in [0.4, 0.5) is 5.69 Å². The summed E-state index contributed by atoms with van der Waals surface area (Å²) in [5.74, 6) is 1.92. The lowest BCUT2D eigenvalue weighted by atomic mass is 10.2. The summed E-state index contributed by atoms with van der Waals surface area (Å²) < 4.78 is 5.66. The highest BCUT2D eigenvalue weighted by atomic mass is 16.4. The number of aromatic nitrogens is 2. The first-order chi connectivity index (χ1) is 8.24. The molecule has 2 aromatic rings. The van der Waals surface area contributed by atoms with Crippen LogP contribution in [0.1, 0.15) is 24.7 Å². The summed E-state index contributed by atoms with van der Waals surface area (Å²) in [6.07, 6.45) is 2.36. The maximum Gasteiger partial charge on any atom is 0.247 e. The molecule has 0 unspecified atom stereocenters. The third kappa shape index (κ3) is 2.02. The van der Waals surface area contributed by atoms with Crippen molar-refractivity contribution in [2.24, 2.45) is 0 Å². The van der Waals surface area contributed by atoms with E-state index in [4.69, 9.17) is 4.42 Å². The average Bonchev–Trinajstić information content (AvgIpc) is 3.07. The molecular formula is C13H15N3O. The van der Waals surface area contributed by atoms with Crippen molar-refractivity contribution in [1.29, 1.82) is 0 Å². The molecule has 0 atom stereocenters. The summed E-state index contributed by atoms with van der Waals surface area (Å²) in [7, 11) is 4.04. The number of benzene rings is 1. The van der Waals surface area contributed by atoms with Crippen molar-refractivity contribution in [2.45, 2.75) is 18.8 Å². The number of anilines is 1. The molecule has 1 saturated carbocycles. The van der Waals surface area contributed by atoms with Crippen molar-refractivity contribution in [3.05, 3.63) is 30.2 Å². The Morgan fingerprint density at radius 2 is 1.82 bits per heavy atom. The fourth-order valence-electron chi connectivity index (χ4n) is 1.75. The highest BCUT2D eigenvalue weighted by Gasteiger charge is 2.29. The van der Waals surface area contributed by atoms with Gasteiger partial charge >= 0.3 is 0 Å². The molecule has 0 amide bonds. The van der Waals surface area contributed by atoms with Gasteiger partial charge in [-0.3, -0.25) is 0 Å². The third-order valence-corrected chi connectivity index (χ3v) is 3.00. The second-order valence-electron chi connectivity index (χ2n) is 4.66. The van der Waals surface area contributed by atoms with Crippen molar-refractivity contribution in [3.63, 3.8) is 0 Å². The van der Waals surface area contributed by atoms with Crippen LogP contribution in [0, 0.1) is 0 Å². The molecule has 88 valence electrons. The molecule has 1 aromatic carbocycles. The number of hydrogen-bond acceptors (Lipinski definition) is 4. The van der Waals surface area contributed by atoms with Crippen LogP contribution < -0.4 is 4.90 Å². The smallest absolute Gasteiger partial charge is 0.247 e. The monoisotopic (exact) mass is 229 g/mol. The van der Waals surface area contributed by atoms with Crippen LogP contribution in [0.5, 0.6) is 0 Å². The predicted octanol–water partition coefficient (Wildman–Crippen LogP) is 2.68. The van der Waals surface area contributed by atoms with Gasteiger partial charge in [0, 0.05) is 31.3 Å². The molecule has 1 fully saturated rings. The first-order valence-corrected chi connectivity index (χ1v) is 5.85. The Morgan fingerprint density at radius 3 is 2.41 bits per heavy atom. The van der Waals surface area contributed by atoms with Gasteiger partial charge in [-0.1, -0.05) is 0 Å². The fourth-order valence-corrected chi connectivity index (χ4v) is 1.75. The molecule has 1 aliphatic carbocycles. The zero-order valence-corrected chi connectivity index (χ0v) is 10.1. The van der Waals surface area contributed by atoms with Gasteiger partial charge in [0.25, 0.3) is 0 Å². The van der Waals surface area contributed by atoms with Crippen molar-refractivity contribution >= 4 is 5.69 Å². The Hall–Kier alpha value is -1.84. The van der Waals surface area contributed by atoms with E-state index in [9.17, 15) is 0 Å². The number of nitrogens with zero attached hydrogens (tertiary/aromatic N) is 3. The molecule has 1 heterocycles. The summed E-state index contributed by atoms with van der Waals surface area (Å²) >= 11 is 0. The highest BCUT2D eigenvalue weighted by molar-refractivity contribution is 5.58. The molecule has 1 aromatic heterocycles. The van der Waals surface area contributed by atoms with Crippen LogP contribution in [-0.4, -0.2) is 24.3 Å². The van der Waals surface area contributed by atoms with Gasteiger partial charge in [-0.15, -0.1) is 10.2 Å². The Morgan fingerprint density at radius 1 is 1.12 bits per heavy atom. The van der Waals surface area contributed by atoms with Crippen LogP contribution in [0.2, 0.25) is 0 Å². The zero-order valence-electron chi connectivity index (χ0n) is 10.1. The van der Waals surface area contributed by atoms with E-state index >= 15 is 0 Å². The Kier molecular flexibility index (Phi) is 2.35. The fraction of sp³-hybridized carbons (Fsp3) is 0.385. The predicted molar refractivity (Wildman–Crippen MR) is 66.0 cm³/mol. The van der Waals surface area contributed by atoms with Gasteiger partial charge in [0.05, 0.1) is 0 Å². The lowest BCUT2D eigenvalue weighted by molar-refractivity contribution is 0.508. The maximum absolute atomic E-state index is 5.66. The lowest BCUT2D eigenvalue weighted by Crippen LogP contribution is -2.07. The lowest BCUT2D eigenvalue weighted by Gasteiger charge is -2.11. The summed E-state index contributed by atoms with van der Waals surface area (Å²) in [5, 5.41) is 8.18. The van der Waals surface area contributed by atoms with Gasteiger partial charge in [-0.25, -0.2) is 0 Å². The second kappa shape index (κ2) is 3.87. The van der Waals surface area contributed by atoms with Crippen LogP contribution in [-0.2, 0) is 0 Å². The summed E-state index contributed by atoms with van der Waals surface area (Å²) in [5.41, 5.74) is 2.14. The van der Waals surface area contributed by atoms with E-state index in [-0.39, 0.29) is 0 Å². The molecule has 1 aliphatic rings. The van der Waals surface area contributed by atoms with Crippen LogP contribution in [0.3, 0.4) is 0 Å². The first-order valence-electron chi connectivity index (χ1n) is 5.85. The largest absolute Gasteiger partial charge is 0.420 e. The Bertz CT molecular complexity index is 512. The molecule has 4 heteroatoms. The van der Waals surface area contributed by atoms with E-state index in [1.54, 1.807) is 0 Å². The zero-order chi connectivity index (χ0) is 11.8. The first kappa shape index (κ1) is 10.3. The molecule has 0 N–H and O–H groups in total. The molecule has 17 heavy (non-hydrogen) atoms. The van der Waals surface area contributed by atoms with Gasteiger partial charge in [0.2, 0.25) is 11.8 Å². The van der Waals surface area contributed by atoms with Crippen LogP contribution in [0.15, 0.2) is 28.7 Å². The molecule has 0 radical (unpaired) electrons. The molecule has 0 saturated heterocycles. The minimum Gasteiger partial charge on any atom is -0.420 e. The minimum absolute atomic E-state index is 0.511. The van der Waals surface area contributed by atoms with Crippen molar-refractivity contribution in [1.82, 2.24) is 10.2 Å². The molecular weight excluding hydrogens is 214 g/mol. The summed E-state index contributed by atoms with van der Waals surface area (Å²) in [4.78, 5) is 2.06. The average molecular weight is 229 g/mol. The summed E-state index contributed by atoms with van der Waals surface area (Å²) in [6, 6.07) is 8.13. The maximum atomic E-state index is 5.66. The highest BCUT2D eigenvalue weighted by Crippen LogP contribution is 2.39. The molecule has 0 aliphatic heterocycles. The summed E-state index contributed by atoms with van der Waals surface area (Å²) in [6.45, 7) is 0. The van der Waals surface area contributed by atoms with E-state index in [0.717, 1.165) is 17.1 Å². The second-order valence-corrected chi connectivity index (χ2v) is 4.66. The van der Waals surface area contributed by atoms with Crippen LogP contribution in [0.25, 0.3) is 11.5 Å². The molecule has 0 spiro atoms. The van der Waals surface area contributed by atoms with E-state index < -0.39 is 0 Å². The van der Waals surface area contributed by atoms with Gasteiger partial charge in [-0.05, 0) is 37.1 Å². The number of rotatable bonds is 3. The van der Waals surface area contributed by atoms with E-state index in [1.165, 1.54) is 12.8 Å². The molecule has 4 nitrogen and oxygen atoms in total. The normalized spacial score (nSPS) is 14.9. The Balaban J connectivity index is 1.86. The van der Waals surface area contributed by atoms with Crippen molar-refractivity contribution in [3.8, 4) is 11.5 Å². The van der Waals surface area contributed by atoms with Crippen molar-refractivity contribution < 1.29 is 4.42 Å². The quantitative estimate of drug-likeness (QED) is 0.811. The van der Waals surface area contributed by atoms with E-state index in [1.807, 2.05) is 26.2 Å². The van der Waals surface area contributed by atoms with E-state index in [0.29, 0.717) is 11.8 Å². The van der Waals surface area contributed by atoms with Gasteiger partial charge in [-0.2, -0.15) is 0 Å². The molecule has 3 rings (SSSR count). The Labute approximate surface area is 100 Å².